The molecule has 2 aliphatic rings. The molecule has 0 unspecified atom stereocenters. The minimum Gasteiger partial charge on any atom is -0.342 e. The molecule has 2 aromatic heterocycles. The molecule has 1 N–H and O–H groups in total. The third-order valence-corrected chi connectivity index (χ3v) is 7.14. The Morgan fingerprint density at radius 1 is 1.41 bits per heavy atom. The highest BCUT2D eigenvalue weighted by molar-refractivity contribution is 7.09. The predicted octanol–water partition coefficient (Wildman–Crippen LogP) is 3.14. The van der Waals surface area contributed by atoms with Crippen LogP contribution < -0.4 is 5.56 Å². The molecule has 1 saturated heterocycles. The SMILES string of the molecule is CC[C@H](C)C(=O)N1CCC[C@@H](c2nc3c(c(=O)[nH]2)CN(Cc2cccs2)CC3)C1. The fourth-order valence-corrected chi connectivity index (χ4v) is 5.08. The number of H-pyrrole nitrogens is 1. The van der Waals surface area contributed by atoms with Crippen molar-refractivity contribution in [3.63, 3.8) is 0 Å². The number of rotatable bonds is 5. The standard InChI is InChI=1S/C22H30N4O2S/c1-3-15(2)22(28)26-9-4-6-16(12-26)20-23-19-8-10-25(13-17-7-5-11-29-17)14-18(19)21(27)24-20/h5,7,11,15-16H,3-4,6,8-10,12-14H2,1-2H3,(H,23,24,27)/t15-,16+/m0/s1. The highest BCUT2D eigenvalue weighted by atomic mass is 32.1. The summed E-state index contributed by atoms with van der Waals surface area (Å²) in [5.41, 5.74) is 1.74. The first-order valence-electron chi connectivity index (χ1n) is 10.7. The number of carbonyl (C=O) groups is 1. The Hall–Kier alpha value is -1.99. The number of fused-ring (bicyclic) bond motifs is 1. The molecule has 4 rings (SSSR count). The van der Waals surface area contributed by atoms with Gasteiger partial charge in [0.05, 0.1) is 11.3 Å². The van der Waals surface area contributed by atoms with E-state index in [0.29, 0.717) is 13.1 Å². The quantitative estimate of drug-likeness (QED) is 0.816. The van der Waals surface area contributed by atoms with E-state index in [1.165, 1.54) is 4.88 Å². The molecule has 0 aromatic carbocycles. The summed E-state index contributed by atoms with van der Waals surface area (Å²) in [5, 5.41) is 2.09. The van der Waals surface area contributed by atoms with Crippen molar-refractivity contribution in [3.05, 3.63) is 49.8 Å². The van der Waals surface area contributed by atoms with Crippen molar-refractivity contribution in [3.8, 4) is 0 Å². The van der Waals surface area contributed by atoms with Crippen molar-refractivity contribution in [2.24, 2.45) is 5.92 Å². The second-order valence-electron chi connectivity index (χ2n) is 8.35. The lowest BCUT2D eigenvalue weighted by atomic mass is 9.95. The molecule has 2 aliphatic heterocycles. The van der Waals surface area contributed by atoms with Gasteiger partial charge in [-0.1, -0.05) is 19.9 Å². The lowest BCUT2D eigenvalue weighted by Crippen LogP contribution is -2.43. The Kier molecular flexibility index (Phi) is 6.15. The molecule has 4 heterocycles. The Morgan fingerprint density at radius 2 is 2.28 bits per heavy atom. The van der Waals surface area contributed by atoms with Gasteiger partial charge in [0.1, 0.15) is 5.82 Å². The first-order chi connectivity index (χ1) is 14.0. The Bertz CT molecular complexity index is 908. The van der Waals surface area contributed by atoms with Crippen LogP contribution in [0.1, 0.15) is 61.0 Å². The number of thiophene rings is 1. The topological polar surface area (TPSA) is 69.3 Å². The highest BCUT2D eigenvalue weighted by Gasteiger charge is 2.30. The number of likely N-dealkylation sites (tertiary alicyclic amines) is 1. The van der Waals surface area contributed by atoms with Crippen LogP contribution in [-0.4, -0.2) is 45.3 Å². The van der Waals surface area contributed by atoms with E-state index < -0.39 is 0 Å². The molecule has 0 radical (unpaired) electrons. The summed E-state index contributed by atoms with van der Waals surface area (Å²) in [6.07, 6.45) is 3.59. The van der Waals surface area contributed by atoms with Gasteiger partial charge in [0.2, 0.25) is 5.91 Å². The summed E-state index contributed by atoms with van der Waals surface area (Å²) >= 11 is 1.75. The third kappa shape index (κ3) is 4.46. The van der Waals surface area contributed by atoms with Gasteiger partial charge < -0.3 is 9.88 Å². The van der Waals surface area contributed by atoms with Gasteiger partial charge in [0, 0.05) is 55.9 Å². The van der Waals surface area contributed by atoms with Crippen LogP contribution in [0.3, 0.4) is 0 Å². The average Bonchev–Trinajstić information content (AvgIpc) is 3.26. The number of hydrogen-bond donors (Lipinski definition) is 1. The van der Waals surface area contributed by atoms with E-state index in [9.17, 15) is 9.59 Å². The fraction of sp³-hybridized carbons (Fsp3) is 0.591. The maximum Gasteiger partial charge on any atom is 0.255 e. The molecule has 6 nitrogen and oxygen atoms in total. The Labute approximate surface area is 176 Å². The van der Waals surface area contributed by atoms with E-state index in [1.54, 1.807) is 11.3 Å². The van der Waals surface area contributed by atoms with E-state index >= 15 is 0 Å². The van der Waals surface area contributed by atoms with Crippen molar-refractivity contribution >= 4 is 17.2 Å². The highest BCUT2D eigenvalue weighted by Crippen LogP contribution is 2.27. The second kappa shape index (κ2) is 8.79. The summed E-state index contributed by atoms with van der Waals surface area (Å²) in [7, 11) is 0. The van der Waals surface area contributed by atoms with Crippen molar-refractivity contribution in [2.45, 2.75) is 58.5 Å². The molecule has 156 valence electrons. The molecular weight excluding hydrogens is 384 g/mol. The zero-order valence-electron chi connectivity index (χ0n) is 17.3. The molecule has 0 bridgehead atoms. The smallest absolute Gasteiger partial charge is 0.255 e. The monoisotopic (exact) mass is 414 g/mol. The van der Waals surface area contributed by atoms with Crippen molar-refractivity contribution in [2.75, 3.05) is 19.6 Å². The number of amides is 1. The normalized spacial score (nSPS) is 21.0. The number of nitrogens with zero attached hydrogens (tertiary/aromatic N) is 3. The van der Waals surface area contributed by atoms with Crippen LogP contribution >= 0.6 is 11.3 Å². The predicted molar refractivity (Wildman–Crippen MR) is 115 cm³/mol. The largest absolute Gasteiger partial charge is 0.342 e. The fourth-order valence-electron chi connectivity index (χ4n) is 4.34. The van der Waals surface area contributed by atoms with Crippen molar-refractivity contribution in [1.82, 2.24) is 19.8 Å². The Morgan fingerprint density at radius 3 is 3.03 bits per heavy atom. The zero-order chi connectivity index (χ0) is 20.4. The van der Waals surface area contributed by atoms with E-state index in [4.69, 9.17) is 4.98 Å². The van der Waals surface area contributed by atoms with Crippen molar-refractivity contribution in [1.29, 1.82) is 0 Å². The molecule has 0 saturated carbocycles. The minimum atomic E-state index is -0.00810. The molecule has 2 aromatic rings. The maximum absolute atomic E-state index is 12.8. The summed E-state index contributed by atoms with van der Waals surface area (Å²) in [4.78, 5) is 39.0. The molecule has 0 spiro atoms. The first-order valence-corrected chi connectivity index (χ1v) is 11.6. The number of aromatic nitrogens is 2. The number of hydrogen-bond acceptors (Lipinski definition) is 5. The summed E-state index contributed by atoms with van der Waals surface area (Å²) in [6.45, 7) is 7.97. The molecule has 0 aliphatic carbocycles. The lowest BCUT2D eigenvalue weighted by Gasteiger charge is -2.34. The minimum absolute atomic E-state index is 0.00810. The third-order valence-electron chi connectivity index (χ3n) is 6.28. The van der Waals surface area contributed by atoms with E-state index in [0.717, 1.165) is 62.4 Å². The summed E-state index contributed by atoms with van der Waals surface area (Å²) in [5.74, 6) is 1.17. The van der Waals surface area contributed by atoms with Gasteiger partial charge >= 0.3 is 0 Å². The van der Waals surface area contributed by atoms with Crippen molar-refractivity contribution < 1.29 is 4.79 Å². The molecular formula is C22H30N4O2S. The first kappa shape index (κ1) is 20.3. The van der Waals surface area contributed by atoms with E-state index in [-0.39, 0.29) is 23.3 Å². The van der Waals surface area contributed by atoms with Crippen LogP contribution in [0.2, 0.25) is 0 Å². The number of aromatic amines is 1. The molecule has 2 atom stereocenters. The maximum atomic E-state index is 12.8. The number of carbonyl (C=O) groups excluding carboxylic acids is 1. The van der Waals surface area contributed by atoms with Gasteiger partial charge in [-0.3, -0.25) is 14.5 Å². The molecule has 29 heavy (non-hydrogen) atoms. The second-order valence-corrected chi connectivity index (χ2v) is 9.38. The lowest BCUT2D eigenvalue weighted by molar-refractivity contribution is -0.136. The summed E-state index contributed by atoms with van der Waals surface area (Å²) < 4.78 is 0. The van der Waals surface area contributed by atoms with Crippen LogP contribution in [0, 0.1) is 5.92 Å². The van der Waals surface area contributed by atoms with Crippen LogP contribution in [0.25, 0.3) is 0 Å². The average molecular weight is 415 g/mol. The van der Waals surface area contributed by atoms with Gasteiger partial charge in [-0.15, -0.1) is 11.3 Å². The van der Waals surface area contributed by atoms with E-state index in [2.05, 4.69) is 27.4 Å². The van der Waals surface area contributed by atoms with Gasteiger partial charge in [0.25, 0.3) is 5.56 Å². The molecule has 1 amide bonds. The van der Waals surface area contributed by atoms with Crippen LogP contribution in [-0.2, 0) is 24.3 Å². The zero-order valence-corrected chi connectivity index (χ0v) is 18.1. The van der Waals surface area contributed by atoms with Crippen LogP contribution in [0.15, 0.2) is 22.3 Å². The molecule has 7 heteroatoms. The van der Waals surface area contributed by atoms with Crippen LogP contribution in [0.5, 0.6) is 0 Å². The van der Waals surface area contributed by atoms with Gasteiger partial charge in [-0.2, -0.15) is 0 Å². The number of piperidine rings is 1. The van der Waals surface area contributed by atoms with Gasteiger partial charge in [0.15, 0.2) is 0 Å². The van der Waals surface area contributed by atoms with Gasteiger partial charge in [-0.05, 0) is 30.7 Å². The Balaban J connectivity index is 1.48. The van der Waals surface area contributed by atoms with Crippen LogP contribution in [0.4, 0.5) is 0 Å². The number of nitrogens with one attached hydrogen (secondary N) is 1. The van der Waals surface area contributed by atoms with E-state index in [1.807, 2.05) is 18.7 Å². The van der Waals surface area contributed by atoms with Gasteiger partial charge in [-0.25, -0.2) is 4.98 Å². The molecule has 1 fully saturated rings. The summed E-state index contributed by atoms with van der Waals surface area (Å²) in [6, 6.07) is 4.21.